The van der Waals surface area contributed by atoms with Gasteiger partial charge >= 0.3 is 0 Å². The molecular weight excluding hydrogens is 260 g/mol. The van der Waals surface area contributed by atoms with Crippen molar-refractivity contribution >= 4 is 17.2 Å². The van der Waals surface area contributed by atoms with Crippen molar-refractivity contribution < 1.29 is 9.90 Å². The number of nitrogens with one attached hydrogen (secondary N) is 1. The van der Waals surface area contributed by atoms with Crippen LogP contribution in [-0.4, -0.2) is 29.1 Å². The maximum Gasteiger partial charge on any atom is 0.226 e. The van der Waals surface area contributed by atoms with E-state index in [1.165, 1.54) is 12.8 Å². The van der Waals surface area contributed by atoms with E-state index in [9.17, 15) is 9.90 Å². The van der Waals surface area contributed by atoms with E-state index >= 15 is 0 Å². The number of nitrogens with zero attached hydrogens (tertiary/aromatic N) is 1. The summed E-state index contributed by atoms with van der Waals surface area (Å²) in [5.74, 6) is 0.0366. The molecule has 19 heavy (non-hydrogen) atoms. The highest BCUT2D eigenvalue weighted by Gasteiger charge is 2.33. The minimum absolute atomic E-state index is 0.0366. The van der Waals surface area contributed by atoms with Crippen molar-refractivity contribution in [1.29, 1.82) is 0 Å². The zero-order valence-electron chi connectivity index (χ0n) is 11.4. The average molecular weight is 282 g/mol. The maximum atomic E-state index is 11.9. The molecule has 106 valence electrons. The third-order valence-electron chi connectivity index (χ3n) is 3.98. The Kier molecular flexibility index (Phi) is 4.93. The number of hydrogen-bond donors (Lipinski definition) is 2. The van der Waals surface area contributed by atoms with Crippen molar-refractivity contribution in [2.24, 2.45) is 5.41 Å². The summed E-state index contributed by atoms with van der Waals surface area (Å²) < 4.78 is 0. The second-order valence-corrected chi connectivity index (χ2v) is 6.55. The van der Waals surface area contributed by atoms with Gasteiger partial charge in [0.2, 0.25) is 5.91 Å². The SMILES string of the molecule is Cc1nc(CC(=O)NCC2(CCO)CCCC2)cs1. The molecule has 0 saturated heterocycles. The molecular formula is C14H22N2O2S. The Labute approximate surface area is 118 Å². The van der Waals surface area contributed by atoms with E-state index in [-0.39, 0.29) is 17.9 Å². The molecule has 2 N–H and O–H groups in total. The maximum absolute atomic E-state index is 11.9. The van der Waals surface area contributed by atoms with E-state index in [4.69, 9.17) is 0 Å². The molecule has 1 heterocycles. The summed E-state index contributed by atoms with van der Waals surface area (Å²) in [6.07, 6.45) is 5.80. The third-order valence-corrected chi connectivity index (χ3v) is 4.80. The van der Waals surface area contributed by atoms with Gasteiger partial charge in [0, 0.05) is 18.5 Å². The summed E-state index contributed by atoms with van der Waals surface area (Å²) in [5, 5.41) is 15.1. The first kappa shape index (κ1) is 14.5. The fraction of sp³-hybridized carbons (Fsp3) is 0.714. The van der Waals surface area contributed by atoms with Crippen LogP contribution in [-0.2, 0) is 11.2 Å². The van der Waals surface area contributed by atoms with E-state index < -0.39 is 0 Å². The number of carbonyl (C=O) groups excluding carboxylic acids is 1. The molecule has 0 aliphatic heterocycles. The van der Waals surface area contributed by atoms with Gasteiger partial charge in [0.25, 0.3) is 0 Å². The van der Waals surface area contributed by atoms with E-state index in [1.807, 2.05) is 12.3 Å². The molecule has 0 spiro atoms. The van der Waals surface area contributed by atoms with E-state index in [0.29, 0.717) is 13.0 Å². The van der Waals surface area contributed by atoms with Crippen molar-refractivity contribution in [3.8, 4) is 0 Å². The monoisotopic (exact) mass is 282 g/mol. The van der Waals surface area contributed by atoms with E-state index in [0.717, 1.165) is 30.0 Å². The first-order valence-electron chi connectivity index (χ1n) is 6.92. The summed E-state index contributed by atoms with van der Waals surface area (Å²) in [5.41, 5.74) is 0.977. The van der Waals surface area contributed by atoms with Crippen LogP contribution in [0.4, 0.5) is 0 Å². The van der Waals surface area contributed by atoms with Crippen molar-refractivity contribution in [2.75, 3.05) is 13.2 Å². The number of aliphatic hydroxyl groups excluding tert-OH is 1. The summed E-state index contributed by atoms with van der Waals surface area (Å²) >= 11 is 1.57. The van der Waals surface area contributed by atoms with Crippen molar-refractivity contribution in [2.45, 2.75) is 45.4 Å². The molecule has 5 heteroatoms. The minimum Gasteiger partial charge on any atom is -0.396 e. The zero-order chi connectivity index (χ0) is 13.7. The van der Waals surface area contributed by atoms with Crippen LogP contribution in [0, 0.1) is 12.3 Å². The van der Waals surface area contributed by atoms with Gasteiger partial charge in [-0.25, -0.2) is 4.98 Å². The molecule has 1 amide bonds. The van der Waals surface area contributed by atoms with Crippen molar-refractivity contribution in [3.63, 3.8) is 0 Å². The molecule has 0 radical (unpaired) electrons. The normalized spacial score (nSPS) is 17.6. The standard InChI is InChI=1S/C14H22N2O2S/c1-11-16-12(9-19-11)8-13(18)15-10-14(6-7-17)4-2-3-5-14/h9,17H,2-8,10H2,1H3,(H,15,18). The number of hydrogen-bond acceptors (Lipinski definition) is 4. The Bertz CT molecular complexity index is 425. The summed E-state index contributed by atoms with van der Waals surface area (Å²) in [7, 11) is 0. The Morgan fingerprint density at radius 1 is 1.53 bits per heavy atom. The highest BCUT2D eigenvalue weighted by Crippen LogP contribution is 2.40. The van der Waals surface area contributed by atoms with Gasteiger partial charge in [-0.1, -0.05) is 12.8 Å². The van der Waals surface area contributed by atoms with Gasteiger partial charge in [-0.15, -0.1) is 11.3 Å². The molecule has 0 bridgehead atoms. The third kappa shape index (κ3) is 4.01. The van der Waals surface area contributed by atoms with Crippen molar-refractivity contribution in [1.82, 2.24) is 10.3 Å². The Hall–Kier alpha value is -0.940. The van der Waals surface area contributed by atoms with E-state index in [1.54, 1.807) is 11.3 Å². The molecule has 0 atom stereocenters. The van der Waals surface area contributed by atoms with E-state index in [2.05, 4.69) is 10.3 Å². The minimum atomic E-state index is 0.0366. The molecule has 1 aliphatic rings. The van der Waals surface area contributed by atoms with Crippen LogP contribution in [0.25, 0.3) is 0 Å². The number of aryl methyl sites for hydroxylation is 1. The number of rotatable bonds is 6. The first-order valence-corrected chi connectivity index (χ1v) is 7.80. The number of thiazole rings is 1. The second-order valence-electron chi connectivity index (χ2n) is 5.49. The first-order chi connectivity index (χ1) is 9.13. The van der Waals surface area contributed by atoms with Crippen LogP contribution in [0.5, 0.6) is 0 Å². The molecule has 2 rings (SSSR count). The number of carbonyl (C=O) groups is 1. The molecule has 0 aromatic carbocycles. The van der Waals surface area contributed by atoms with Gasteiger partial charge in [0.05, 0.1) is 17.1 Å². The number of amides is 1. The molecule has 1 fully saturated rings. The van der Waals surface area contributed by atoms with Gasteiger partial charge < -0.3 is 10.4 Å². The highest BCUT2D eigenvalue weighted by atomic mass is 32.1. The van der Waals surface area contributed by atoms with Crippen molar-refractivity contribution in [3.05, 3.63) is 16.1 Å². The Morgan fingerprint density at radius 2 is 2.26 bits per heavy atom. The lowest BCUT2D eigenvalue weighted by molar-refractivity contribution is -0.121. The van der Waals surface area contributed by atoms with Crippen LogP contribution in [0.3, 0.4) is 0 Å². The molecule has 1 aromatic heterocycles. The second kappa shape index (κ2) is 6.48. The zero-order valence-corrected chi connectivity index (χ0v) is 12.3. The van der Waals surface area contributed by atoms with Crippen LogP contribution >= 0.6 is 11.3 Å². The summed E-state index contributed by atoms with van der Waals surface area (Å²) in [4.78, 5) is 16.2. The average Bonchev–Trinajstić information content (AvgIpc) is 2.98. The molecule has 4 nitrogen and oxygen atoms in total. The predicted octanol–water partition coefficient (Wildman–Crippen LogP) is 2.05. The van der Waals surface area contributed by atoms with Crippen LogP contribution < -0.4 is 5.32 Å². The number of aromatic nitrogens is 1. The van der Waals surface area contributed by atoms with Gasteiger partial charge in [-0.3, -0.25) is 4.79 Å². The van der Waals surface area contributed by atoms with Crippen LogP contribution in [0.1, 0.15) is 42.8 Å². The quantitative estimate of drug-likeness (QED) is 0.839. The Morgan fingerprint density at radius 3 is 2.84 bits per heavy atom. The van der Waals surface area contributed by atoms with Crippen LogP contribution in [0.2, 0.25) is 0 Å². The van der Waals surface area contributed by atoms with Gasteiger partial charge in [0.1, 0.15) is 0 Å². The molecule has 1 saturated carbocycles. The topological polar surface area (TPSA) is 62.2 Å². The lowest BCUT2D eigenvalue weighted by atomic mass is 9.83. The fourth-order valence-corrected chi connectivity index (χ4v) is 3.49. The smallest absolute Gasteiger partial charge is 0.226 e. The van der Waals surface area contributed by atoms with Gasteiger partial charge in [-0.2, -0.15) is 0 Å². The summed E-state index contributed by atoms with van der Waals surface area (Å²) in [6, 6.07) is 0. The molecule has 1 aliphatic carbocycles. The Balaban J connectivity index is 1.82. The fourth-order valence-electron chi connectivity index (χ4n) is 2.88. The highest BCUT2D eigenvalue weighted by molar-refractivity contribution is 7.09. The number of aliphatic hydroxyl groups is 1. The molecule has 1 aromatic rings. The summed E-state index contributed by atoms with van der Waals surface area (Å²) in [6.45, 7) is 2.84. The van der Waals surface area contributed by atoms with Crippen LogP contribution in [0.15, 0.2) is 5.38 Å². The largest absolute Gasteiger partial charge is 0.396 e. The van der Waals surface area contributed by atoms with Gasteiger partial charge in [-0.05, 0) is 31.6 Å². The van der Waals surface area contributed by atoms with Gasteiger partial charge in [0.15, 0.2) is 0 Å². The lowest BCUT2D eigenvalue weighted by Gasteiger charge is -2.28. The predicted molar refractivity (Wildman–Crippen MR) is 76.2 cm³/mol. The molecule has 0 unspecified atom stereocenters. The lowest BCUT2D eigenvalue weighted by Crippen LogP contribution is -2.37.